The Balaban J connectivity index is 3.22. The number of methoxy groups -OCH3 is 1. The lowest BCUT2D eigenvalue weighted by molar-refractivity contribution is -0.142. The number of benzene rings is 1. The third-order valence-electron chi connectivity index (χ3n) is 2.31. The van der Waals surface area contributed by atoms with Crippen LogP contribution in [-0.4, -0.2) is 19.0 Å². The zero-order valence-corrected chi connectivity index (χ0v) is 11.8. The van der Waals surface area contributed by atoms with Crippen molar-refractivity contribution in [3.8, 4) is 0 Å². The van der Waals surface area contributed by atoms with E-state index in [1.54, 1.807) is 0 Å². The maximum absolute atomic E-state index is 13.0. The highest BCUT2D eigenvalue weighted by molar-refractivity contribution is 9.10. The van der Waals surface area contributed by atoms with Crippen LogP contribution >= 0.6 is 15.9 Å². The average Bonchev–Trinajstić information content (AvgIpc) is 2.35. The molecule has 0 spiro atoms. The molecule has 4 nitrogen and oxygen atoms in total. The molecule has 0 saturated carbocycles. The number of esters is 2. The van der Waals surface area contributed by atoms with E-state index in [4.69, 9.17) is 4.74 Å². The molecule has 1 aromatic carbocycles. The first-order chi connectivity index (χ1) is 8.86. The summed E-state index contributed by atoms with van der Waals surface area (Å²) in [4.78, 5) is 22.1. The van der Waals surface area contributed by atoms with Gasteiger partial charge in [-0.05, 0) is 12.1 Å². The second-order valence-corrected chi connectivity index (χ2v) is 4.45. The van der Waals surface area contributed by atoms with Crippen LogP contribution in [0.25, 0.3) is 0 Å². The Kier molecular flexibility index (Phi) is 5.41. The van der Waals surface area contributed by atoms with Gasteiger partial charge in [0, 0.05) is 22.5 Å². The van der Waals surface area contributed by atoms with E-state index in [9.17, 15) is 18.4 Å². The van der Waals surface area contributed by atoms with Gasteiger partial charge in [0.1, 0.15) is 6.61 Å². The lowest BCUT2D eigenvalue weighted by Crippen LogP contribution is -2.07. The Bertz CT molecular complexity index is 503. The van der Waals surface area contributed by atoms with Crippen molar-refractivity contribution in [1.29, 1.82) is 0 Å². The standard InChI is InChI=1S/C12H11BrF2O4/c1-6(16)19-5-9-8(11(14)15)3-7(4-10(9)13)12(17)18-2/h3-4,11H,5H2,1-2H3. The molecule has 0 N–H and O–H groups in total. The van der Waals surface area contributed by atoms with Crippen molar-refractivity contribution >= 4 is 27.9 Å². The average molecular weight is 337 g/mol. The van der Waals surface area contributed by atoms with Crippen LogP contribution in [0.5, 0.6) is 0 Å². The van der Waals surface area contributed by atoms with Gasteiger partial charge < -0.3 is 9.47 Å². The number of rotatable bonds is 4. The predicted octanol–water partition coefficient (Wildman–Crippen LogP) is 3.24. The summed E-state index contributed by atoms with van der Waals surface area (Å²) in [5.74, 6) is -1.30. The third-order valence-corrected chi connectivity index (χ3v) is 3.01. The van der Waals surface area contributed by atoms with Gasteiger partial charge in [-0.15, -0.1) is 0 Å². The van der Waals surface area contributed by atoms with Gasteiger partial charge in [0.25, 0.3) is 6.43 Å². The minimum Gasteiger partial charge on any atom is -0.465 e. The Morgan fingerprint density at radius 2 is 2.00 bits per heavy atom. The van der Waals surface area contributed by atoms with Gasteiger partial charge in [-0.25, -0.2) is 13.6 Å². The number of carbonyl (C=O) groups excluding carboxylic acids is 2. The fourth-order valence-corrected chi connectivity index (χ4v) is 2.00. The van der Waals surface area contributed by atoms with Crippen molar-refractivity contribution in [3.63, 3.8) is 0 Å². The summed E-state index contributed by atoms with van der Waals surface area (Å²) in [5.41, 5.74) is -0.259. The maximum Gasteiger partial charge on any atom is 0.337 e. The molecule has 0 unspecified atom stereocenters. The largest absolute Gasteiger partial charge is 0.465 e. The predicted molar refractivity (Wildman–Crippen MR) is 65.9 cm³/mol. The molecule has 1 rings (SSSR count). The van der Waals surface area contributed by atoms with E-state index >= 15 is 0 Å². The van der Waals surface area contributed by atoms with Gasteiger partial charge in [-0.3, -0.25) is 4.79 Å². The molecule has 0 atom stereocenters. The molecule has 0 bridgehead atoms. The van der Waals surface area contributed by atoms with E-state index in [1.807, 2.05) is 0 Å². The second kappa shape index (κ2) is 6.60. The summed E-state index contributed by atoms with van der Waals surface area (Å²) in [7, 11) is 1.16. The molecule has 0 radical (unpaired) electrons. The van der Waals surface area contributed by atoms with E-state index in [0.717, 1.165) is 13.2 Å². The minimum atomic E-state index is -2.80. The summed E-state index contributed by atoms with van der Waals surface area (Å²) in [6.45, 7) is 0.885. The summed E-state index contributed by atoms with van der Waals surface area (Å²) >= 11 is 3.08. The molecule has 19 heavy (non-hydrogen) atoms. The molecule has 0 saturated heterocycles. The van der Waals surface area contributed by atoms with Gasteiger partial charge >= 0.3 is 11.9 Å². The topological polar surface area (TPSA) is 52.6 Å². The highest BCUT2D eigenvalue weighted by Gasteiger charge is 2.20. The summed E-state index contributed by atoms with van der Waals surface area (Å²) in [6.07, 6.45) is -2.80. The monoisotopic (exact) mass is 336 g/mol. The summed E-state index contributed by atoms with van der Waals surface area (Å²) < 4.78 is 35.4. The van der Waals surface area contributed by atoms with Crippen LogP contribution in [0, 0.1) is 0 Å². The first-order valence-electron chi connectivity index (χ1n) is 5.19. The Labute approximate surface area is 116 Å². The summed E-state index contributed by atoms with van der Waals surface area (Å²) in [5, 5.41) is 0. The van der Waals surface area contributed by atoms with Crippen LogP contribution in [0.4, 0.5) is 8.78 Å². The van der Waals surface area contributed by atoms with E-state index in [0.29, 0.717) is 0 Å². The SMILES string of the molecule is COC(=O)c1cc(Br)c(COC(C)=O)c(C(F)F)c1. The second-order valence-electron chi connectivity index (χ2n) is 3.60. The highest BCUT2D eigenvalue weighted by Crippen LogP contribution is 2.31. The number of alkyl halides is 2. The maximum atomic E-state index is 13.0. The van der Waals surface area contributed by atoms with Gasteiger partial charge in [0.15, 0.2) is 0 Å². The Morgan fingerprint density at radius 1 is 1.37 bits per heavy atom. The highest BCUT2D eigenvalue weighted by atomic mass is 79.9. The van der Waals surface area contributed by atoms with Crippen molar-refractivity contribution < 1.29 is 27.8 Å². The zero-order valence-electron chi connectivity index (χ0n) is 10.2. The molecule has 7 heteroatoms. The van der Waals surface area contributed by atoms with E-state index in [2.05, 4.69) is 20.7 Å². The molecule has 0 aliphatic rings. The number of ether oxygens (including phenoxy) is 2. The smallest absolute Gasteiger partial charge is 0.337 e. The number of hydrogen-bond acceptors (Lipinski definition) is 4. The lowest BCUT2D eigenvalue weighted by atomic mass is 10.0. The van der Waals surface area contributed by atoms with Crippen molar-refractivity contribution in [2.75, 3.05) is 7.11 Å². The molecular formula is C12H11BrF2O4. The van der Waals surface area contributed by atoms with E-state index in [1.165, 1.54) is 13.0 Å². The molecule has 1 aromatic rings. The zero-order chi connectivity index (χ0) is 14.6. The molecule has 104 valence electrons. The first-order valence-corrected chi connectivity index (χ1v) is 5.98. The number of carbonyl (C=O) groups is 2. The van der Waals surface area contributed by atoms with Crippen molar-refractivity contribution in [2.45, 2.75) is 20.0 Å². The molecule has 0 amide bonds. The third kappa shape index (κ3) is 3.99. The van der Waals surface area contributed by atoms with Crippen LogP contribution < -0.4 is 0 Å². The van der Waals surface area contributed by atoms with Crippen molar-refractivity contribution in [2.24, 2.45) is 0 Å². The van der Waals surface area contributed by atoms with Gasteiger partial charge in [0.2, 0.25) is 0 Å². The van der Waals surface area contributed by atoms with Crippen LogP contribution in [0.15, 0.2) is 16.6 Å². The van der Waals surface area contributed by atoms with Gasteiger partial charge in [-0.2, -0.15) is 0 Å². The normalized spacial score (nSPS) is 10.4. The lowest BCUT2D eigenvalue weighted by Gasteiger charge is -2.13. The van der Waals surface area contributed by atoms with Crippen LogP contribution in [0.1, 0.15) is 34.8 Å². The molecule has 0 fully saturated rings. The molecule has 0 heterocycles. The Morgan fingerprint density at radius 3 is 2.47 bits per heavy atom. The fraction of sp³-hybridized carbons (Fsp3) is 0.333. The minimum absolute atomic E-state index is 0.00347. The van der Waals surface area contributed by atoms with Crippen molar-refractivity contribution in [1.82, 2.24) is 0 Å². The van der Waals surface area contributed by atoms with Crippen LogP contribution in [0.3, 0.4) is 0 Å². The van der Waals surface area contributed by atoms with Gasteiger partial charge in [-0.1, -0.05) is 15.9 Å². The first kappa shape index (κ1) is 15.6. The number of hydrogen-bond donors (Lipinski definition) is 0. The van der Waals surface area contributed by atoms with E-state index in [-0.39, 0.29) is 27.8 Å². The van der Waals surface area contributed by atoms with Crippen LogP contribution in [-0.2, 0) is 20.9 Å². The fourth-order valence-electron chi connectivity index (χ4n) is 1.41. The molecule has 0 aromatic heterocycles. The van der Waals surface area contributed by atoms with Gasteiger partial charge in [0.05, 0.1) is 12.7 Å². The summed E-state index contributed by atoms with van der Waals surface area (Å²) in [6, 6.07) is 2.37. The number of halogens is 3. The van der Waals surface area contributed by atoms with Crippen LogP contribution in [0.2, 0.25) is 0 Å². The quantitative estimate of drug-likeness (QED) is 0.792. The molecular weight excluding hydrogens is 326 g/mol. The Hall–Kier alpha value is -1.50. The van der Waals surface area contributed by atoms with E-state index < -0.39 is 18.4 Å². The molecule has 0 aliphatic heterocycles. The van der Waals surface area contributed by atoms with Crippen molar-refractivity contribution in [3.05, 3.63) is 33.3 Å². The molecule has 0 aliphatic carbocycles.